The van der Waals surface area contributed by atoms with Gasteiger partial charge >= 0.3 is 0 Å². The normalized spacial score (nSPS) is 17.0. The second-order valence-corrected chi connectivity index (χ2v) is 9.44. The summed E-state index contributed by atoms with van der Waals surface area (Å²) in [6.07, 6.45) is 0.835. The Labute approximate surface area is 173 Å². The molecule has 1 aromatic carbocycles. The van der Waals surface area contributed by atoms with Gasteiger partial charge in [0.05, 0.1) is 11.4 Å². The van der Waals surface area contributed by atoms with Crippen LogP contribution in [0.25, 0.3) is 0 Å². The summed E-state index contributed by atoms with van der Waals surface area (Å²) in [7, 11) is -3.54. The molecule has 2 N–H and O–H groups in total. The maximum absolute atomic E-state index is 12.9. The van der Waals surface area contributed by atoms with E-state index in [0.717, 1.165) is 17.5 Å². The van der Waals surface area contributed by atoms with Crippen molar-refractivity contribution in [1.82, 2.24) is 19.8 Å². The molecule has 1 aliphatic heterocycles. The lowest BCUT2D eigenvalue weighted by atomic mass is 10.1. The number of rotatable bonds is 8. The monoisotopic (exact) mass is 424 g/mol. The number of carbonyl (C=O) groups excluding carboxylic acids is 2. The van der Waals surface area contributed by atoms with Crippen LogP contribution in [0.3, 0.4) is 0 Å². The molecule has 0 spiro atoms. The number of piperazine rings is 1. The molecule has 0 aliphatic carbocycles. The van der Waals surface area contributed by atoms with Crippen LogP contribution in [-0.2, 0) is 19.6 Å². The highest BCUT2D eigenvalue weighted by Crippen LogP contribution is 2.20. The minimum absolute atomic E-state index is 0.142. The van der Waals surface area contributed by atoms with E-state index in [1.165, 1.54) is 4.31 Å². The van der Waals surface area contributed by atoms with Gasteiger partial charge in [-0.25, -0.2) is 8.42 Å². The Hall–Kier alpha value is -1.97. The van der Waals surface area contributed by atoms with Crippen LogP contribution in [0.2, 0.25) is 0 Å². The number of amides is 2. The van der Waals surface area contributed by atoms with Gasteiger partial charge in [-0.1, -0.05) is 13.0 Å². The van der Waals surface area contributed by atoms with Crippen molar-refractivity contribution >= 4 is 21.8 Å². The zero-order valence-electron chi connectivity index (χ0n) is 17.7. The van der Waals surface area contributed by atoms with Gasteiger partial charge in [0.15, 0.2) is 0 Å². The predicted octanol–water partition coefficient (Wildman–Crippen LogP) is 0.641. The molecular formula is C20H32N4O4S. The number of benzene rings is 1. The summed E-state index contributed by atoms with van der Waals surface area (Å²) in [5.74, 6) is -0.445. The Morgan fingerprint density at radius 1 is 1.10 bits per heavy atom. The molecule has 0 radical (unpaired) electrons. The van der Waals surface area contributed by atoms with Crippen molar-refractivity contribution in [2.45, 2.75) is 45.1 Å². The van der Waals surface area contributed by atoms with E-state index in [0.29, 0.717) is 37.6 Å². The topological polar surface area (TPSA) is 98.8 Å². The van der Waals surface area contributed by atoms with Crippen LogP contribution in [0.4, 0.5) is 0 Å². The van der Waals surface area contributed by atoms with Gasteiger partial charge in [-0.3, -0.25) is 14.5 Å². The fourth-order valence-electron chi connectivity index (χ4n) is 3.11. The molecule has 1 aliphatic rings. The molecule has 0 unspecified atom stereocenters. The minimum atomic E-state index is -3.54. The highest BCUT2D eigenvalue weighted by molar-refractivity contribution is 7.89. The fraction of sp³-hybridized carbons (Fsp3) is 0.600. The summed E-state index contributed by atoms with van der Waals surface area (Å²) >= 11 is 0. The first kappa shape index (κ1) is 23.3. The number of aryl methyl sites for hydroxylation is 2. The summed E-state index contributed by atoms with van der Waals surface area (Å²) in [5.41, 5.74) is 2.00. The van der Waals surface area contributed by atoms with E-state index >= 15 is 0 Å². The maximum atomic E-state index is 12.9. The molecule has 1 heterocycles. The van der Waals surface area contributed by atoms with Crippen molar-refractivity contribution in [2.75, 3.05) is 39.3 Å². The first-order valence-corrected chi connectivity index (χ1v) is 11.5. The van der Waals surface area contributed by atoms with E-state index in [2.05, 4.69) is 10.6 Å². The molecule has 1 fully saturated rings. The van der Waals surface area contributed by atoms with Crippen molar-refractivity contribution in [2.24, 2.45) is 0 Å². The van der Waals surface area contributed by atoms with Crippen LogP contribution in [0.15, 0.2) is 23.1 Å². The van der Waals surface area contributed by atoms with Gasteiger partial charge < -0.3 is 10.6 Å². The van der Waals surface area contributed by atoms with Crippen LogP contribution in [0.1, 0.15) is 31.4 Å². The molecular weight excluding hydrogens is 392 g/mol. The molecule has 1 aromatic rings. The van der Waals surface area contributed by atoms with E-state index < -0.39 is 16.1 Å². The molecule has 0 aromatic heterocycles. The minimum Gasteiger partial charge on any atom is -0.354 e. The van der Waals surface area contributed by atoms with E-state index in [1.54, 1.807) is 19.1 Å². The lowest BCUT2D eigenvalue weighted by Crippen LogP contribution is -2.53. The number of hydrogen-bond acceptors (Lipinski definition) is 5. The number of carbonyl (C=O) groups is 2. The predicted molar refractivity (Wildman–Crippen MR) is 112 cm³/mol. The molecule has 2 rings (SSSR count). The summed E-state index contributed by atoms with van der Waals surface area (Å²) in [5, 5.41) is 5.44. The third-order valence-corrected chi connectivity index (χ3v) is 7.03. The summed E-state index contributed by atoms with van der Waals surface area (Å²) in [6, 6.07) is 4.57. The Morgan fingerprint density at radius 3 is 2.34 bits per heavy atom. The second kappa shape index (κ2) is 10.2. The summed E-state index contributed by atoms with van der Waals surface area (Å²) in [6.45, 7) is 9.77. The van der Waals surface area contributed by atoms with E-state index in [-0.39, 0.29) is 18.4 Å². The highest BCUT2D eigenvalue weighted by Gasteiger charge is 2.29. The van der Waals surface area contributed by atoms with Gasteiger partial charge in [0.1, 0.15) is 6.04 Å². The molecule has 1 saturated heterocycles. The Kier molecular flexibility index (Phi) is 8.18. The zero-order valence-corrected chi connectivity index (χ0v) is 18.5. The molecule has 2 amide bonds. The third-order valence-electron chi connectivity index (χ3n) is 5.13. The largest absolute Gasteiger partial charge is 0.354 e. The molecule has 8 nitrogen and oxygen atoms in total. The smallest absolute Gasteiger partial charge is 0.243 e. The van der Waals surface area contributed by atoms with Crippen LogP contribution >= 0.6 is 0 Å². The molecule has 1 atom stereocenters. The maximum Gasteiger partial charge on any atom is 0.243 e. The fourth-order valence-corrected chi connectivity index (χ4v) is 4.62. The number of hydrogen-bond donors (Lipinski definition) is 2. The van der Waals surface area contributed by atoms with Gasteiger partial charge in [0.25, 0.3) is 0 Å². The SMILES string of the molecule is CCCNC(=O)[C@@H](C)NC(=O)CN1CCN(S(=O)(=O)c2ccc(C)c(C)c2)CC1. The Morgan fingerprint density at radius 2 is 1.76 bits per heavy atom. The van der Waals surface area contributed by atoms with E-state index in [4.69, 9.17) is 0 Å². The summed E-state index contributed by atoms with van der Waals surface area (Å²) < 4.78 is 27.2. The molecule has 0 saturated carbocycles. The van der Waals surface area contributed by atoms with Crippen molar-refractivity contribution in [1.29, 1.82) is 0 Å². The molecule has 9 heteroatoms. The lowest BCUT2D eigenvalue weighted by molar-refractivity contribution is -0.129. The third kappa shape index (κ3) is 6.25. The zero-order chi connectivity index (χ0) is 21.6. The first-order chi connectivity index (χ1) is 13.6. The van der Waals surface area contributed by atoms with Crippen molar-refractivity contribution < 1.29 is 18.0 Å². The van der Waals surface area contributed by atoms with Crippen LogP contribution in [0, 0.1) is 13.8 Å². The number of nitrogens with zero attached hydrogens (tertiary/aromatic N) is 2. The van der Waals surface area contributed by atoms with E-state index in [9.17, 15) is 18.0 Å². The van der Waals surface area contributed by atoms with E-state index in [1.807, 2.05) is 31.7 Å². The Balaban J connectivity index is 1.86. The van der Waals surface area contributed by atoms with Crippen molar-refractivity contribution in [3.05, 3.63) is 29.3 Å². The quantitative estimate of drug-likeness (QED) is 0.638. The average Bonchev–Trinajstić information content (AvgIpc) is 2.68. The highest BCUT2D eigenvalue weighted by atomic mass is 32.2. The Bertz CT molecular complexity index is 833. The van der Waals surface area contributed by atoms with Gasteiger partial charge in [-0.2, -0.15) is 4.31 Å². The molecule has 29 heavy (non-hydrogen) atoms. The second-order valence-electron chi connectivity index (χ2n) is 7.51. The summed E-state index contributed by atoms with van der Waals surface area (Å²) in [4.78, 5) is 26.3. The van der Waals surface area contributed by atoms with Crippen LogP contribution < -0.4 is 10.6 Å². The number of sulfonamides is 1. The van der Waals surface area contributed by atoms with Crippen LogP contribution in [-0.4, -0.2) is 74.7 Å². The van der Waals surface area contributed by atoms with Crippen molar-refractivity contribution in [3.63, 3.8) is 0 Å². The molecule has 0 bridgehead atoms. The number of nitrogens with one attached hydrogen (secondary N) is 2. The average molecular weight is 425 g/mol. The lowest BCUT2D eigenvalue weighted by Gasteiger charge is -2.33. The van der Waals surface area contributed by atoms with Gasteiger partial charge in [-0.15, -0.1) is 0 Å². The van der Waals surface area contributed by atoms with Crippen molar-refractivity contribution in [3.8, 4) is 0 Å². The standard InChI is InChI=1S/C20H32N4O4S/c1-5-8-21-20(26)17(4)22-19(25)14-23-9-11-24(12-10-23)29(27,28)18-7-6-15(2)16(3)13-18/h6-7,13,17H,5,8-12,14H2,1-4H3,(H,21,26)(H,22,25)/t17-/m1/s1. The van der Waals surface area contributed by atoms with Gasteiger partial charge in [0.2, 0.25) is 21.8 Å². The molecule has 162 valence electrons. The van der Waals surface area contributed by atoms with Gasteiger partial charge in [-0.05, 0) is 50.5 Å². The van der Waals surface area contributed by atoms with Crippen LogP contribution in [0.5, 0.6) is 0 Å². The first-order valence-electron chi connectivity index (χ1n) is 10.0. The van der Waals surface area contributed by atoms with Gasteiger partial charge in [0, 0.05) is 32.7 Å².